The Labute approximate surface area is 229 Å². The average Bonchev–Trinajstić information content (AvgIpc) is 3.48. The minimum atomic E-state index is -1.39. The zero-order chi connectivity index (χ0) is 28.3. The number of aromatic nitrogens is 1. The molecule has 1 aliphatic rings. The highest BCUT2D eigenvalue weighted by atomic mass is 35.5. The molecule has 3 N–H and O–H groups in total. The first-order valence-corrected chi connectivity index (χ1v) is 12.8. The number of aryl methyl sites for hydroxylation is 1. The topological polar surface area (TPSA) is 110 Å². The van der Waals surface area contributed by atoms with E-state index < -0.39 is 35.9 Å². The molecule has 3 aromatic rings. The second kappa shape index (κ2) is 12.0. The van der Waals surface area contributed by atoms with Gasteiger partial charge in [-0.05, 0) is 30.2 Å². The molecule has 0 aliphatic carbocycles. The van der Waals surface area contributed by atoms with Gasteiger partial charge in [-0.1, -0.05) is 29.8 Å². The summed E-state index contributed by atoms with van der Waals surface area (Å²) >= 11 is 6.10. The number of carbonyl (C=O) groups is 3. The van der Waals surface area contributed by atoms with E-state index in [0.29, 0.717) is 35.4 Å². The van der Waals surface area contributed by atoms with Crippen molar-refractivity contribution in [2.45, 2.75) is 31.5 Å². The van der Waals surface area contributed by atoms with Crippen LogP contribution in [0.25, 0.3) is 10.9 Å². The second-order valence-electron chi connectivity index (χ2n) is 9.48. The minimum absolute atomic E-state index is 0.0331. The molecule has 4 rings (SSSR count). The third kappa shape index (κ3) is 6.15. The Morgan fingerprint density at radius 1 is 1.26 bits per heavy atom. The molecule has 1 fully saturated rings. The Morgan fingerprint density at radius 2 is 2.00 bits per heavy atom. The molecule has 1 aliphatic heterocycles. The number of anilines is 2. The quantitative estimate of drug-likeness (QED) is 0.397. The standard InChI is InChI=1S/C27H30ClF2N5O4/c1-33(9-10-39-2)18-11-16(25(30)20(28)13-18)7-8-24(36)23-12-17(29)14-35(23)27(38)32-21-15-34(26(31)37)22-6-4-3-5-19(21)22/h3-6,11,13,15,17,23H,7-10,12,14H2,1-2H3,(H2,31,37)(H,32,38)/t17-,23+/m1/s1. The van der Waals surface area contributed by atoms with Gasteiger partial charge in [0.05, 0.1) is 35.4 Å². The van der Waals surface area contributed by atoms with Crippen molar-refractivity contribution >= 4 is 51.7 Å². The molecular formula is C27H30ClF2N5O4. The summed E-state index contributed by atoms with van der Waals surface area (Å²) in [5, 5.41) is 3.17. The maximum atomic E-state index is 14.8. The summed E-state index contributed by atoms with van der Waals surface area (Å²) in [5.41, 5.74) is 7.15. The van der Waals surface area contributed by atoms with Gasteiger partial charge in [0.1, 0.15) is 12.0 Å². The molecule has 0 unspecified atom stereocenters. The SMILES string of the molecule is COCCN(C)c1cc(Cl)c(F)c(CCC(=O)[C@@H]2C[C@@H](F)CN2C(=O)Nc2cn(C(N)=O)c3ccccc23)c1. The first-order valence-electron chi connectivity index (χ1n) is 12.4. The molecule has 0 radical (unpaired) electrons. The second-order valence-corrected chi connectivity index (χ2v) is 9.89. The van der Waals surface area contributed by atoms with Crippen molar-refractivity contribution in [1.82, 2.24) is 9.47 Å². The molecule has 39 heavy (non-hydrogen) atoms. The van der Waals surface area contributed by atoms with E-state index in [4.69, 9.17) is 22.1 Å². The summed E-state index contributed by atoms with van der Waals surface area (Å²) < 4.78 is 35.5. The Hall–Kier alpha value is -3.70. The van der Waals surface area contributed by atoms with Crippen molar-refractivity contribution < 1.29 is 27.9 Å². The van der Waals surface area contributed by atoms with Crippen LogP contribution in [-0.2, 0) is 16.0 Å². The Bertz CT molecular complexity index is 1400. The molecule has 1 saturated heterocycles. The number of nitrogens with zero attached hydrogens (tertiary/aromatic N) is 3. The van der Waals surface area contributed by atoms with Gasteiger partial charge < -0.3 is 25.6 Å². The van der Waals surface area contributed by atoms with Crippen molar-refractivity contribution in [3.8, 4) is 0 Å². The van der Waals surface area contributed by atoms with Gasteiger partial charge in [0, 0.05) is 50.8 Å². The van der Waals surface area contributed by atoms with E-state index in [-0.39, 0.29) is 36.4 Å². The summed E-state index contributed by atoms with van der Waals surface area (Å²) in [7, 11) is 3.39. The number of halogens is 3. The van der Waals surface area contributed by atoms with Crippen LogP contribution in [0.2, 0.25) is 5.02 Å². The highest BCUT2D eigenvalue weighted by Crippen LogP contribution is 2.30. The van der Waals surface area contributed by atoms with Crippen molar-refractivity contribution in [1.29, 1.82) is 0 Å². The number of benzene rings is 2. The summed E-state index contributed by atoms with van der Waals surface area (Å²) in [6.45, 7) is 0.752. The number of amides is 3. The number of nitrogens with one attached hydrogen (secondary N) is 1. The molecule has 2 atom stereocenters. The molecule has 208 valence electrons. The summed E-state index contributed by atoms with van der Waals surface area (Å²) in [6, 6.07) is 7.53. The minimum Gasteiger partial charge on any atom is -0.383 e. The zero-order valence-corrected chi connectivity index (χ0v) is 22.4. The van der Waals surface area contributed by atoms with Crippen LogP contribution in [0.3, 0.4) is 0 Å². The smallest absolute Gasteiger partial charge is 0.323 e. The maximum absolute atomic E-state index is 14.8. The van der Waals surface area contributed by atoms with Crippen LogP contribution < -0.4 is 16.0 Å². The van der Waals surface area contributed by atoms with Crippen LogP contribution in [-0.4, -0.2) is 73.4 Å². The Morgan fingerprint density at radius 3 is 2.72 bits per heavy atom. The average molecular weight is 562 g/mol. The predicted molar refractivity (Wildman–Crippen MR) is 146 cm³/mol. The molecule has 2 heterocycles. The van der Waals surface area contributed by atoms with E-state index in [1.54, 1.807) is 37.4 Å². The van der Waals surface area contributed by atoms with Crippen molar-refractivity contribution in [3.63, 3.8) is 0 Å². The van der Waals surface area contributed by atoms with Crippen LogP contribution in [0.1, 0.15) is 18.4 Å². The monoisotopic (exact) mass is 561 g/mol. The third-order valence-corrected chi connectivity index (χ3v) is 7.15. The number of urea groups is 1. The van der Waals surface area contributed by atoms with Crippen molar-refractivity contribution in [3.05, 3.63) is 59.0 Å². The molecular weight excluding hydrogens is 532 g/mol. The van der Waals surface area contributed by atoms with Gasteiger partial charge in [-0.3, -0.25) is 9.36 Å². The number of primary amides is 1. The summed E-state index contributed by atoms with van der Waals surface area (Å²) in [5.74, 6) is -1.01. The van der Waals surface area contributed by atoms with Crippen LogP contribution in [0.5, 0.6) is 0 Å². The molecule has 0 bridgehead atoms. The van der Waals surface area contributed by atoms with Gasteiger partial charge in [-0.2, -0.15) is 0 Å². The number of carbonyl (C=O) groups excluding carboxylic acids is 3. The van der Waals surface area contributed by atoms with Crippen LogP contribution >= 0.6 is 11.6 Å². The van der Waals surface area contributed by atoms with Gasteiger partial charge in [0.15, 0.2) is 5.78 Å². The van der Waals surface area contributed by atoms with Gasteiger partial charge in [-0.25, -0.2) is 18.4 Å². The van der Waals surface area contributed by atoms with Crippen molar-refractivity contribution in [2.24, 2.45) is 5.73 Å². The molecule has 2 aromatic carbocycles. The molecule has 3 amide bonds. The molecule has 0 spiro atoms. The number of hydrogen-bond donors (Lipinski definition) is 2. The Balaban J connectivity index is 1.48. The number of likely N-dealkylation sites (tertiary alicyclic amines) is 1. The number of hydrogen-bond acceptors (Lipinski definition) is 5. The van der Waals surface area contributed by atoms with E-state index in [2.05, 4.69) is 5.32 Å². The number of ether oxygens (including phenoxy) is 1. The number of nitrogens with two attached hydrogens (primary N) is 1. The fourth-order valence-electron chi connectivity index (χ4n) is 4.78. The van der Waals surface area contributed by atoms with Gasteiger partial charge in [0.2, 0.25) is 0 Å². The number of fused-ring (bicyclic) bond motifs is 1. The number of rotatable bonds is 9. The first kappa shape index (κ1) is 28.3. The van der Waals surface area contributed by atoms with E-state index in [1.165, 1.54) is 16.8 Å². The fourth-order valence-corrected chi connectivity index (χ4v) is 5.01. The number of Topliss-reactive ketones (excluding diaryl/α,β-unsaturated/α-hetero) is 1. The number of methoxy groups -OCH3 is 1. The number of ketones is 1. The molecule has 12 heteroatoms. The number of alkyl halides is 1. The zero-order valence-electron chi connectivity index (χ0n) is 21.6. The lowest BCUT2D eigenvalue weighted by Crippen LogP contribution is -2.43. The molecule has 9 nitrogen and oxygen atoms in total. The number of para-hydroxylation sites is 1. The highest BCUT2D eigenvalue weighted by molar-refractivity contribution is 6.31. The normalized spacial score (nSPS) is 17.0. The van der Waals surface area contributed by atoms with E-state index in [0.717, 1.165) is 4.90 Å². The lowest BCUT2D eigenvalue weighted by molar-refractivity contribution is -0.122. The van der Waals surface area contributed by atoms with Crippen LogP contribution in [0, 0.1) is 5.82 Å². The van der Waals surface area contributed by atoms with E-state index in [9.17, 15) is 23.2 Å². The predicted octanol–water partition coefficient (Wildman–Crippen LogP) is 4.59. The van der Waals surface area contributed by atoms with Gasteiger partial charge >= 0.3 is 12.1 Å². The van der Waals surface area contributed by atoms with Crippen molar-refractivity contribution in [2.75, 3.05) is 44.1 Å². The van der Waals surface area contributed by atoms with Crippen LogP contribution in [0.15, 0.2) is 42.6 Å². The van der Waals surface area contributed by atoms with E-state index in [1.807, 2.05) is 11.9 Å². The lowest BCUT2D eigenvalue weighted by atomic mass is 10.0. The summed E-state index contributed by atoms with van der Waals surface area (Å²) in [6.07, 6.45) is -0.237. The number of likely N-dealkylation sites (N-methyl/N-ethyl adjacent to an activating group) is 1. The van der Waals surface area contributed by atoms with E-state index >= 15 is 0 Å². The van der Waals surface area contributed by atoms with Crippen LogP contribution in [0.4, 0.5) is 29.7 Å². The van der Waals surface area contributed by atoms with Gasteiger partial charge in [0.25, 0.3) is 0 Å². The third-order valence-electron chi connectivity index (χ3n) is 6.87. The molecule has 1 aromatic heterocycles. The molecule has 0 saturated carbocycles. The first-order chi connectivity index (χ1) is 18.6. The Kier molecular flexibility index (Phi) is 8.71. The highest BCUT2D eigenvalue weighted by Gasteiger charge is 2.39. The maximum Gasteiger partial charge on any atom is 0.323 e. The lowest BCUT2D eigenvalue weighted by Gasteiger charge is -2.24. The summed E-state index contributed by atoms with van der Waals surface area (Å²) in [4.78, 5) is 41.1. The fraction of sp³-hybridized carbons (Fsp3) is 0.370. The largest absolute Gasteiger partial charge is 0.383 e. The van der Waals surface area contributed by atoms with Gasteiger partial charge in [-0.15, -0.1) is 0 Å².